The first-order chi connectivity index (χ1) is 19.1. The first-order valence-electron chi connectivity index (χ1n) is 14.2. The summed E-state index contributed by atoms with van der Waals surface area (Å²) in [7, 11) is 1.79. The number of piperidine rings is 1. The Balaban J connectivity index is 1.10. The van der Waals surface area contributed by atoms with Crippen LogP contribution in [0.5, 0.6) is 5.75 Å². The Morgan fingerprint density at radius 2 is 1.77 bits per heavy atom. The third kappa shape index (κ3) is 6.05. The van der Waals surface area contributed by atoms with E-state index in [-0.39, 0.29) is 5.75 Å². The van der Waals surface area contributed by atoms with Crippen molar-refractivity contribution in [1.82, 2.24) is 25.2 Å². The lowest BCUT2D eigenvalue weighted by molar-refractivity contribution is 0.247. The third-order valence-corrected chi connectivity index (χ3v) is 8.34. The van der Waals surface area contributed by atoms with E-state index in [0.29, 0.717) is 23.7 Å². The molecule has 0 radical (unpaired) electrons. The Kier molecular flexibility index (Phi) is 7.43. The SMILES string of the molecule is Cn1nnc(-c2ccc(N3CCC[C@H](C[C@@H]4CCCC[C@H]4Nc4cc(-c5cccc(O)c5)ccn4)C3)cc2)n1. The van der Waals surface area contributed by atoms with E-state index in [1.54, 1.807) is 19.2 Å². The van der Waals surface area contributed by atoms with Crippen molar-refractivity contribution in [3.8, 4) is 28.3 Å². The highest BCUT2D eigenvalue weighted by Crippen LogP contribution is 2.36. The fourth-order valence-electron chi connectivity index (χ4n) is 6.39. The van der Waals surface area contributed by atoms with Gasteiger partial charge in [0.1, 0.15) is 11.6 Å². The number of nitrogens with zero attached hydrogens (tertiary/aromatic N) is 6. The fraction of sp³-hybridized carbons (Fsp3) is 0.419. The zero-order valence-electron chi connectivity index (χ0n) is 22.6. The van der Waals surface area contributed by atoms with Crippen molar-refractivity contribution in [3.63, 3.8) is 0 Å². The van der Waals surface area contributed by atoms with Crippen molar-refractivity contribution >= 4 is 11.5 Å². The number of rotatable bonds is 7. The number of anilines is 2. The van der Waals surface area contributed by atoms with E-state index in [4.69, 9.17) is 0 Å². The molecule has 1 aliphatic carbocycles. The van der Waals surface area contributed by atoms with Gasteiger partial charge in [-0.3, -0.25) is 0 Å². The summed E-state index contributed by atoms with van der Waals surface area (Å²) in [5.74, 6) is 3.22. The lowest BCUT2D eigenvalue weighted by Gasteiger charge is -2.39. The van der Waals surface area contributed by atoms with Gasteiger partial charge in [0.2, 0.25) is 5.82 Å². The number of aromatic nitrogens is 5. The quantitative estimate of drug-likeness (QED) is 0.311. The largest absolute Gasteiger partial charge is 0.508 e. The molecule has 1 saturated heterocycles. The summed E-state index contributed by atoms with van der Waals surface area (Å²) in [6, 6.07) is 20.6. The zero-order chi connectivity index (χ0) is 26.6. The molecule has 1 aliphatic heterocycles. The molecule has 2 aromatic carbocycles. The predicted octanol–water partition coefficient (Wildman–Crippen LogP) is 5.92. The first-order valence-corrected chi connectivity index (χ1v) is 14.2. The van der Waals surface area contributed by atoms with Gasteiger partial charge in [-0.05, 0) is 109 Å². The molecule has 2 fully saturated rings. The Morgan fingerprint density at radius 3 is 2.59 bits per heavy atom. The number of aryl methyl sites for hydroxylation is 1. The molecule has 3 atom stereocenters. The Bertz CT molecular complexity index is 1390. The molecule has 0 amide bonds. The van der Waals surface area contributed by atoms with Crippen molar-refractivity contribution in [2.24, 2.45) is 18.9 Å². The van der Waals surface area contributed by atoms with Gasteiger partial charge in [-0.25, -0.2) is 4.98 Å². The second kappa shape index (κ2) is 11.4. The second-order valence-electron chi connectivity index (χ2n) is 11.1. The fourth-order valence-corrected chi connectivity index (χ4v) is 6.39. The van der Waals surface area contributed by atoms with Gasteiger partial charge in [-0.2, -0.15) is 4.80 Å². The molecule has 202 valence electrons. The van der Waals surface area contributed by atoms with E-state index in [0.717, 1.165) is 35.6 Å². The maximum atomic E-state index is 9.90. The molecule has 4 aromatic rings. The maximum Gasteiger partial charge on any atom is 0.204 e. The number of benzene rings is 2. The zero-order valence-corrected chi connectivity index (χ0v) is 22.6. The first kappa shape index (κ1) is 25.3. The predicted molar refractivity (Wildman–Crippen MR) is 154 cm³/mol. The molecule has 2 aromatic heterocycles. The molecule has 2 N–H and O–H groups in total. The van der Waals surface area contributed by atoms with Gasteiger partial charge < -0.3 is 15.3 Å². The van der Waals surface area contributed by atoms with E-state index < -0.39 is 0 Å². The average molecular weight is 524 g/mol. The average Bonchev–Trinajstić information content (AvgIpc) is 3.41. The van der Waals surface area contributed by atoms with E-state index in [1.165, 1.54) is 55.4 Å². The van der Waals surface area contributed by atoms with Crippen molar-refractivity contribution in [2.45, 2.75) is 51.0 Å². The van der Waals surface area contributed by atoms with Crippen LogP contribution in [0, 0.1) is 11.8 Å². The van der Waals surface area contributed by atoms with Gasteiger partial charge in [0.25, 0.3) is 0 Å². The number of hydrogen-bond acceptors (Lipinski definition) is 7. The summed E-state index contributed by atoms with van der Waals surface area (Å²) in [5, 5.41) is 26.1. The number of hydrogen-bond donors (Lipinski definition) is 2. The molecule has 3 heterocycles. The summed E-state index contributed by atoms with van der Waals surface area (Å²) < 4.78 is 0. The molecule has 6 rings (SSSR count). The Labute approximate surface area is 230 Å². The highest BCUT2D eigenvalue weighted by Gasteiger charge is 2.30. The van der Waals surface area contributed by atoms with Gasteiger partial charge in [-0.1, -0.05) is 25.0 Å². The summed E-state index contributed by atoms with van der Waals surface area (Å²) >= 11 is 0. The van der Waals surface area contributed by atoms with Gasteiger partial charge in [0, 0.05) is 36.6 Å². The molecule has 39 heavy (non-hydrogen) atoms. The van der Waals surface area contributed by atoms with Crippen LogP contribution in [-0.4, -0.2) is 49.4 Å². The number of nitrogens with one attached hydrogen (secondary N) is 1. The molecule has 8 nitrogen and oxygen atoms in total. The minimum atomic E-state index is 0.283. The molecule has 0 spiro atoms. The van der Waals surface area contributed by atoms with E-state index in [2.05, 4.69) is 60.9 Å². The molecule has 0 unspecified atom stereocenters. The Morgan fingerprint density at radius 1 is 0.923 bits per heavy atom. The van der Waals surface area contributed by atoms with Crippen molar-refractivity contribution in [3.05, 3.63) is 66.9 Å². The highest BCUT2D eigenvalue weighted by atomic mass is 16.3. The van der Waals surface area contributed by atoms with Gasteiger partial charge in [0.05, 0.1) is 7.05 Å². The van der Waals surface area contributed by atoms with Gasteiger partial charge in [-0.15, -0.1) is 10.2 Å². The van der Waals surface area contributed by atoms with Crippen molar-refractivity contribution < 1.29 is 5.11 Å². The topological polar surface area (TPSA) is 92.0 Å². The monoisotopic (exact) mass is 523 g/mol. The Hall–Kier alpha value is -3.94. The summed E-state index contributed by atoms with van der Waals surface area (Å²) in [6.45, 7) is 2.22. The van der Waals surface area contributed by atoms with E-state index in [9.17, 15) is 5.11 Å². The molecular formula is C31H37N7O. The summed E-state index contributed by atoms with van der Waals surface area (Å²) in [5.41, 5.74) is 4.35. The number of tetrazole rings is 1. The molecule has 1 saturated carbocycles. The van der Waals surface area contributed by atoms with Crippen molar-refractivity contribution in [2.75, 3.05) is 23.3 Å². The molecular weight excluding hydrogens is 486 g/mol. The van der Waals surface area contributed by atoms with Gasteiger partial charge in [0.15, 0.2) is 0 Å². The van der Waals surface area contributed by atoms with Crippen LogP contribution in [0.25, 0.3) is 22.5 Å². The molecule has 0 bridgehead atoms. The lowest BCUT2D eigenvalue weighted by Crippen LogP contribution is -2.39. The smallest absolute Gasteiger partial charge is 0.204 e. The van der Waals surface area contributed by atoms with Gasteiger partial charge >= 0.3 is 0 Å². The van der Waals surface area contributed by atoms with Crippen LogP contribution in [0.15, 0.2) is 66.9 Å². The van der Waals surface area contributed by atoms with E-state index >= 15 is 0 Å². The van der Waals surface area contributed by atoms with Crippen LogP contribution < -0.4 is 10.2 Å². The van der Waals surface area contributed by atoms with Crippen LogP contribution in [-0.2, 0) is 7.05 Å². The third-order valence-electron chi connectivity index (χ3n) is 8.34. The second-order valence-corrected chi connectivity index (χ2v) is 11.1. The highest BCUT2D eigenvalue weighted by molar-refractivity contribution is 5.67. The van der Waals surface area contributed by atoms with Crippen LogP contribution in [0.3, 0.4) is 0 Å². The minimum Gasteiger partial charge on any atom is -0.508 e. The molecule has 2 aliphatic rings. The normalized spacial score (nSPS) is 21.6. The standard InChI is InChI=1S/C31H37N7O/c1-37-35-31(34-36-37)23-11-13-27(14-12-23)38-17-5-6-22(21-38)18-26-7-2-3-10-29(26)33-30-20-25(15-16-32-30)24-8-4-9-28(39)19-24/h4,8-9,11-16,19-20,22,26,29,39H,2-3,5-7,10,17-18,21H2,1H3,(H,32,33)/t22-,26+,29-/m1/s1. The molecule has 8 heteroatoms. The minimum absolute atomic E-state index is 0.283. The maximum absolute atomic E-state index is 9.90. The summed E-state index contributed by atoms with van der Waals surface area (Å²) in [4.78, 5) is 8.69. The number of aromatic hydroxyl groups is 1. The van der Waals surface area contributed by atoms with E-state index in [1.807, 2.05) is 24.4 Å². The van der Waals surface area contributed by atoms with Crippen LogP contribution in [0.1, 0.15) is 44.9 Å². The number of phenols is 1. The van der Waals surface area contributed by atoms with Crippen LogP contribution in [0.4, 0.5) is 11.5 Å². The lowest BCUT2D eigenvalue weighted by atomic mass is 9.77. The number of pyridine rings is 1. The van der Waals surface area contributed by atoms with Crippen LogP contribution in [0.2, 0.25) is 0 Å². The van der Waals surface area contributed by atoms with Crippen molar-refractivity contribution in [1.29, 1.82) is 0 Å². The summed E-state index contributed by atoms with van der Waals surface area (Å²) in [6.07, 6.45) is 10.7. The van der Waals surface area contributed by atoms with Crippen LogP contribution >= 0.6 is 0 Å². The number of phenolic OH excluding ortho intramolecular Hbond substituents is 1.